The number of benzene rings is 1. The van der Waals surface area contributed by atoms with Crippen LogP contribution >= 0.6 is 24.0 Å². The molecular weight excluding hydrogens is 439 g/mol. The number of guanidine groups is 1. The van der Waals surface area contributed by atoms with Crippen LogP contribution in [0.3, 0.4) is 0 Å². The van der Waals surface area contributed by atoms with E-state index in [1.165, 1.54) is 18.4 Å². The minimum absolute atomic E-state index is 0. The van der Waals surface area contributed by atoms with Gasteiger partial charge in [0.25, 0.3) is 0 Å². The molecule has 0 saturated carbocycles. The van der Waals surface area contributed by atoms with Gasteiger partial charge < -0.3 is 15.1 Å². The molecule has 1 aromatic carbocycles. The fourth-order valence-electron chi connectivity index (χ4n) is 3.72. The molecule has 6 heteroatoms. The van der Waals surface area contributed by atoms with E-state index in [2.05, 4.69) is 34.3 Å². The number of aliphatic imine (C=N–C) groups is 1. The smallest absolute Gasteiger partial charge is 0.227 e. The van der Waals surface area contributed by atoms with E-state index in [-0.39, 0.29) is 29.9 Å². The first-order valence-electron chi connectivity index (χ1n) is 9.53. The average molecular weight is 470 g/mol. The fraction of sp³-hybridized carbons (Fsp3) is 0.600. The molecule has 0 atom stereocenters. The van der Waals surface area contributed by atoms with Gasteiger partial charge in [-0.15, -0.1) is 24.0 Å². The lowest BCUT2D eigenvalue weighted by atomic mass is 10.00. The van der Waals surface area contributed by atoms with Gasteiger partial charge in [0.1, 0.15) is 0 Å². The van der Waals surface area contributed by atoms with Crippen LogP contribution in [0.5, 0.6) is 0 Å². The van der Waals surface area contributed by atoms with Gasteiger partial charge in [0, 0.05) is 45.3 Å². The number of fused-ring (bicyclic) bond motifs is 1. The molecule has 3 rings (SSSR count). The summed E-state index contributed by atoms with van der Waals surface area (Å²) in [5, 5.41) is 3.42. The Morgan fingerprint density at radius 2 is 1.96 bits per heavy atom. The van der Waals surface area contributed by atoms with E-state index in [1.807, 2.05) is 24.1 Å². The molecule has 1 N–H and O–H groups in total. The van der Waals surface area contributed by atoms with E-state index in [1.54, 1.807) is 0 Å². The highest BCUT2D eigenvalue weighted by atomic mass is 127. The van der Waals surface area contributed by atoms with Crippen molar-refractivity contribution in [3.05, 3.63) is 29.8 Å². The summed E-state index contributed by atoms with van der Waals surface area (Å²) in [5.74, 6) is 2.02. The van der Waals surface area contributed by atoms with Gasteiger partial charge in [0.15, 0.2) is 5.96 Å². The second kappa shape index (κ2) is 10.1. The number of carbonyl (C=O) groups excluding carboxylic acids is 1. The van der Waals surface area contributed by atoms with E-state index in [9.17, 15) is 4.79 Å². The number of carbonyl (C=O) groups is 1. The number of hydrogen-bond donors (Lipinski definition) is 1. The van der Waals surface area contributed by atoms with E-state index < -0.39 is 0 Å². The molecule has 0 spiro atoms. The second-order valence-electron chi connectivity index (χ2n) is 7.17. The minimum atomic E-state index is 0. The van der Waals surface area contributed by atoms with Crippen molar-refractivity contribution in [1.82, 2.24) is 10.2 Å². The van der Waals surface area contributed by atoms with Gasteiger partial charge in [-0.1, -0.05) is 25.1 Å². The summed E-state index contributed by atoms with van der Waals surface area (Å²) in [6, 6.07) is 8.23. The number of piperidine rings is 1. The summed E-state index contributed by atoms with van der Waals surface area (Å²) >= 11 is 0. The van der Waals surface area contributed by atoms with Gasteiger partial charge in [-0.25, -0.2) is 0 Å². The Labute approximate surface area is 174 Å². The highest BCUT2D eigenvalue weighted by Crippen LogP contribution is 2.28. The molecule has 1 saturated heterocycles. The van der Waals surface area contributed by atoms with Crippen LogP contribution < -0.4 is 10.2 Å². The number of nitrogens with zero attached hydrogens (tertiary/aromatic N) is 3. The molecule has 0 aliphatic carbocycles. The zero-order valence-corrected chi connectivity index (χ0v) is 18.2. The molecule has 26 heavy (non-hydrogen) atoms. The summed E-state index contributed by atoms with van der Waals surface area (Å²) in [7, 11) is 1.84. The van der Waals surface area contributed by atoms with Crippen LogP contribution in [0.15, 0.2) is 29.3 Å². The van der Waals surface area contributed by atoms with Crippen LogP contribution in [0.4, 0.5) is 5.69 Å². The predicted octanol–water partition coefficient (Wildman–Crippen LogP) is 3.28. The molecule has 1 amide bonds. The highest BCUT2D eigenvalue weighted by Gasteiger charge is 2.23. The minimum Gasteiger partial charge on any atom is -0.356 e. The molecule has 0 unspecified atom stereocenters. The maximum Gasteiger partial charge on any atom is 0.227 e. The molecule has 2 aliphatic heterocycles. The molecular formula is C20H31IN4O. The number of nitrogens with one attached hydrogen (secondary N) is 1. The normalized spacial score (nSPS) is 17.7. The summed E-state index contributed by atoms with van der Waals surface area (Å²) < 4.78 is 0. The number of para-hydroxylation sites is 1. The first-order chi connectivity index (χ1) is 12.2. The molecule has 0 aromatic heterocycles. The third-order valence-electron chi connectivity index (χ3n) is 5.33. The molecule has 2 heterocycles. The Kier molecular flexibility index (Phi) is 8.18. The molecule has 0 radical (unpaired) electrons. The first-order valence-corrected chi connectivity index (χ1v) is 9.53. The lowest BCUT2D eigenvalue weighted by Gasteiger charge is -2.32. The van der Waals surface area contributed by atoms with Crippen LogP contribution in [0.25, 0.3) is 0 Å². The zero-order valence-electron chi connectivity index (χ0n) is 15.9. The van der Waals surface area contributed by atoms with Gasteiger partial charge in [-0.2, -0.15) is 0 Å². The SMILES string of the molecule is CN=C(NCCCC(=O)N1CCc2ccccc21)N1CCC(C)CC1.I. The van der Waals surface area contributed by atoms with Crippen molar-refractivity contribution in [3.63, 3.8) is 0 Å². The number of amides is 1. The van der Waals surface area contributed by atoms with Crippen molar-refractivity contribution in [2.75, 3.05) is 38.1 Å². The molecule has 144 valence electrons. The molecule has 0 bridgehead atoms. The van der Waals surface area contributed by atoms with Gasteiger partial charge in [-0.05, 0) is 43.2 Å². The van der Waals surface area contributed by atoms with Gasteiger partial charge in [0.2, 0.25) is 5.91 Å². The third kappa shape index (κ3) is 5.11. The summed E-state index contributed by atoms with van der Waals surface area (Å²) in [6.07, 6.45) is 4.84. The number of halogens is 1. The first kappa shape index (κ1) is 21.0. The maximum absolute atomic E-state index is 12.5. The van der Waals surface area contributed by atoms with E-state index in [0.717, 1.165) is 56.6 Å². The summed E-state index contributed by atoms with van der Waals surface area (Å²) in [5.41, 5.74) is 2.38. The van der Waals surface area contributed by atoms with Gasteiger partial charge in [-0.3, -0.25) is 9.79 Å². The Balaban J connectivity index is 0.00000243. The predicted molar refractivity (Wildman–Crippen MR) is 118 cm³/mol. The Morgan fingerprint density at radius 1 is 1.23 bits per heavy atom. The van der Waals surface area contributed by atoms with Crippen molar-refractivity contribution >= 4 is 41.5 Å². The van der Waals surface area contributed by atoms with Crippen LogP contribution in [-0.2, 0) is 11.2 Å². The van der Waals surface area contributed by atoms with E-state index >= 15 is 0 Å². The lowest BCUT2D eigenvalue weighted by molar-refractivity contribution is -0.118. The number of likely N-dealkylation sites (tertiary alicyclic amines) is 1. The van der Waals surface area contributed by atoms with Gasteiger partial charge in [0.05, 0.1) is 0 Å². The van der Waals surface area contributed by atoms with Crippen molar-refractivity contribution in [2.24, 2.45) is 10.9 Å². The third-order valence-corrected chi connectivity index (χ3v) is 5.33. The Bertz CT molecular complexity index is 626. The standard InChI is InChI=1S/C20H30N4O.HI/c1-16-9-13-23(14-10-16)20(21-2)22-12-5-8-19(25)24-15-11-17-6-3-4-7-18(17)24;/h3-4,6-7,16H,5,8-15H2,1-2H3,(H,21,22);1H. The quantitative estimate of drug-likeness (QED) is 0.318. The molecule has 1 aromatic rings. The summed E-state index contributed by atoms with van der Waals surface area (Å²) in [4.78, 5) is 21.2. The molecule has 1 fully saturated rings. The second-order valence-corrected chi connectivity index (χ2v) is 7.17. The fourth-order valence-corrected chi connectivity index (χ4v) is 3.72. The topological polar surface area (TPSA) is 47.9 Å². The Morgan fingerprint density at radius 3 is 2.69 bits per heavy atom. The number of anilines is 1. The largest absolute Gasteiger partial charge is 0.356 e. The maximum atomic E-state index is 12.5. The zero-order chi connectivity index (χ0) is 17.6. The monoisotopic (exact) mass is 470 g/mol. The van der Waals surface area contributed by atoms with Crippen molar-refractivity contribution in [1.29, 1.82) is 0 Å². The van der Waals surface area contributed by atoms with Crippen LogP contribution in [0, 0.1) is 5.92 Å². The van der Waals surface area contributed by atoms with Crippen LogP contribution in [0.1, 0.15) is 38.2 Å². The number of rotatable bonds is 4. The molecule has 2 aliphatic rings. The van der Waals surface area contributed by atoms with E-state index in [0.29, 0.717) is 6.42 Å². The van der Waals surface area contributed by atoms with Crippen LogP contribution in [0.2, 0.25) is 0 Å². The summed E-state index contributed by atoms with van der Waals surface area (Å²) in [6.45, 7) is 6.07. The van der Waals surface area contributed by atoms with Crippen molar-refractivity contribution in [3.8, 4) is 0 Å². The van der Waals surface area contributed by atoms with Crippen molar-refractivity contribution in [2.45, 2.75) is 39.0 Å². The lowest BCUT2D eigenvalue weighted by Crippen LogP contribution is -2.45. The highest BCUT2D eigenvalue weighted by molar-refractivity contribution is 14.0. The van der Waals surface area contributed by atoms with Crippen molar-refractivity contribution < 1.29 is 4.79 Å². The number of hydrogen-bond acceptors (Lipinski definition) is 2. The van der Waals surface area contributed by atoms with Gasteiger partial charge >= 0.3 is 0 Å². The van der Waals surface area contributed by atoms with Crippen LogP contribution in [-0.4, -0.2) is 50.0 Å². The Hall–Kier alpha value is -1.31. The van der Waals surface area contributed by atoms with E-state index in [4.69, 9.17) is 0 Å². The molecule has 5 nitrogen and oxygen atoms in total. The average Bonchev–Trinajstić information content (AvgIpc) is 3.07.